The Bertz CT molecular complexity index is 809. The maximum atomic E-state index is 12.3. The molecule has 0 aliphatic heterocycles. The summed E-state index contributed by atoms with van der Waals surface area (Å²) < 4.78 is 0. The number of aromatic amines is 1. The number of aryl methyl sites for hydroxylation is 1. The van der Waals surface area contributed by atoms with E-state index in [2.05, 4.69) is 20.5 Å². The fourth-order valence-corrected chi connectivity index (χ4v) is 2.16. The first-order valence-electron chi connectivity index (χ1n) is 6.99. The van der Waals surface area contributed by atoms with Crippen LogP contribution in [0.5, 0.6) is 0 Å². The molecule has 5 heteroatoms. The number of pyridine rings is 1. The topological polar surface area (TPSA) is 70.7 Å². The summed E-state index contributed by atoms with van der Waals surface area (Å²) in [6, 6.07) is 13.1. The molecule has 0 radical (unpaired) electrons. The Labute approximate surface area is 128 Å². The summed E-state index contributed by atoms with van der Waals surface area (Å²) in [5.41, 5.74) is 4.77. The molecule has 2 heterocycles. The smallest absolute Gasteiger partial charge is 0.273 e. The zero-order chi connectivity index (χ0) is 15.5. The first-order valence-corrected chi connectivity index (χ1v) is 6.99. The highest BCUT2D eigenvalue weighted by atomic mass is 16.1. The first-order chi connectivity index (χ1) is 10.6. The van der Waals surface area contributed by atoms with Gasteiger partial charge in [-0.05, 0) is 49.2 Å². The lowest BCUT2D eigenvalue weighted by Crippen LogP contribution is -2.13. The van der Waals surface area contributed by atoms with Crippen LogP contribution in [0.25, 0.3) is 11.4 Å². The molecule has 110 valence electrons. The number of H-pyrrole nitrogens is 1. The fraction of sp³-hybridized carbons (Fsp3) is 0.118. The van der Waals surface area contributed by atoms with Crippen molar-refractivity contribution in [3.8, 4) is 11.4 Å². The summed E-state index contributed by atoms with van der Waals surface area (Å²) >= 11 is 0. The van der Waals surface area contributed by atoms with E-state index >= 15 is 0 Å². The Balaban J connectivity index is 1.82. The SMILES string of the molecule is Cc1cccc(NC(=O)c2cc(-c3ccccn3)n[nH]2)c1C. The van der Waals surface area contributed by atoms with Gasteiger partial charge < -0.3 is 5.32 Å². The maximum Gasteiger partial charge on any atom is 0.273 e. The van der Waals surface area contributed by atoms with Crippen molar-refractivity contribution in [3.05, 3.63) is 65.5 Å². The standard InChI is InChI=1S/C17H16N4O/c1-11-6-5-8-13(12(11)2)19-17(22)16-10-15(20-21-16)14-7-3-4-9-18-14/h3-10H,1-2H3,(H,19,22)(H,20,21). The molecular weight excluding hydrogens is 276 g/mol. The fourth-order valence-electron chi connectivity index (χ4n) is 2.16. The van der Waals surface area contributed by atoms with Crippen LogP contribution in [0.2, 0.25) is 0 Å². The normalized spacial score (nSPS) is 10.5. The molecule has 0 bridgehead atoms. The van der Waals surface area contributed by atoms with Crippen LogP contribution in [-0.2, 0) is 0 Å². The van der Waals surface area contributed by atoms with E-state index in [9.17, 15) is 4.79 Å². The van der Waals surface area contributed by atoms with Crippen LogP contribution in [0.4, 0.5) is 5.69 Å². The average molecular weight is 292 g/mol. The van der Waals surface area contributed by atoms with Crippen molar-refractivity contribution < 1.29 is 4.79 Å². The molecule has 0 fully saturated rings. The lowest BCUT2D eigenvalue weighted by Gasteiger charge is -2.09. The molecule has 22 heavy (non-hydrogen) atoms. The molecule has 2 N–H and O–H groups in total. The van der Waals surface area contributed by atoms with Crippen LogP contribution in [0.15, 0.2) is 48.7 Å². The Morgan fingerprint density at radius 3 is 2.73 bits per heavy atom. The molecule has 0 saturated heterocycles. The molecule has 1 aromatic carbocycles. The van der Waals surface area contributed by atoms with Crippen LogP contribution in [0.3, 0.4) is 0 Å². The molecule has 0 aliphatic carbocycles. The second kappa shape index (κ2) is 5.81. The van der Waals surface area contributed by atoms with E-state index in [1.165, 1.54) is 0 Å². The Morgan fingerprint density at radius 1 is 1.09 bits per heavy atom. The number of carbonyl (C=O) groups excluding carboxylic acids is 1. The summed E-state index contributed by atoms with van der Waals surface area (Å²) in [4.78, 5) is 16.5. The van der Waals surface area contributed by atoms with Gasteiger partial charge in [0, 0.05) is 11.9 Å². The van der Waals surface area contributed by atoms with Gasteiger partial charge in [0.15, 0.2) is 0 Å². The first kappa shape index (κ1) is 14.0. The third-order valence-electron chi connectivity index (χ3n) is 3.60. The van der Waals surface area contributed by atoms with Crippen LogP contribution < -0.4 is 5.32 Å². The molecule has 3 rings (SSSR count). The van der Waals surface area contributed by atoms with Crippen molar-refractivity contribution in [2.75, 3.05) is 5.32 Å². The third-order valence-corrected chi connectivity index (χ3v) is 3.60. The number of nitrogens with one attached hydrogen (secondary N) is 2. The van der Waals surface area contributed by atoms with Crippen LogP contribution in [0, 0.1) is 13.8 Å². The van der Waals surface area contributed by atoms with E-state index in [0.717, 1.165) is 22.5 Å². The summed E-state index contributed by atoms with van der Waals surface area (Å²) in [5.74, 6) is -0.219. The Morgan fingerprint density at radius 2 is 1.95 bits per heavy atom. The minimum atomic E-state index is -0.219. The maximum absolute atomic E-state index is 12.3. The summed E-state index contributed by atoms with van der Waals surface area (Å²) in [6.45, 7) is 4.00. The number of anilines is 1. The van der Waals surface area contributed by atoms with Gasteiger partial charge >= 0.3 is 0 Å². The van der Waals surface area contributed by atoms with E-state index in [4.69, 9.17) is 0 Å². The van der Waals surface area contributed by atoms with Gasteiger partial charge in [0.25, 0.3) is 5.91 Å². The molecule has 0 spiro atoms. The van der Waals surface area contributed by atoms with Gasteiger partial charge in [0.1, 0.15) is 11.4 Å². The number of rotatable bonds is 3. The van der Waals surface area contributed by atoms with E-state index in [1.807, 2.05) is 50.2 Å². The van der Waals surface area contributed by atoms with Gasteiger partial charge in [0.2, 0.25) is 0 Å². The van der Waals surface area contributed by atoms with Gasteiger partial charge in [0.05, 0.1) is 5.69 Å². The Kier molecular flexibility index (Phi) is 3.70. The number of aromatic nitrogens is 3. The summed E-state index contributed by atoms with van der Waals surface area (Å²) in [6.07, 6.45) is 1.69. The van der Waals surface area contributed by atoms with Crippen LogP contribution >= 0.6 is 0 Å². The molecule has 0 atom stereocenters. The molecule has 2 aromatic heterocycles. The second-order valence-electron chi connectivity index (χ2n) is 5.08. The highest BCUT2D eigenvalue weighted by Gasteiger charge is 2.13. The minimum Gasteiger partial charge on any atom is -0.320 e. The van der Waals surface area contributed by atoms with E-state index in [1.54, 1.807) is 12.3 Å². The van der Waals surface area contributed by atoms with Crippen molar-refractivity contribution in [2.24, 2.45) is 0 Å². The highest BCUT2D eigenvalue weighted by Crippen LogP contribution is 2.19. The Hall–Kier alpha value is -2.95. The predicted octanol–water partition coefficient (Wildman–Crippen LogP) is 3.34. The van der Waals surface area contributed by atoms with Crippen molar-refractivity contribution in [2.45, 2.75) is 13.8 Å². The van der Waals surface area contributed by atoms with Crippen LogP contribution in [-0.4, -0.2) is 21.1 Å². The number of benzene rings is 1. The monoisotopic (exact) mass is 292 g/mol. The largest absolute Gasteiger partial charge is 0.320 e. The lowest BCUT2D eigenvalue weighted by molar-refractivity contribution is 0.102. The quantitative estimate of drug-likeness (QED) is 0.777. The average Bonchev–Trinajstić information content (AvgIpc) is 3.03. The second-order valence-corrected chi connectivity index (χ2v) is 5.08. The van der Waals surface area contributed by atoms with Gasteiger partial charge in [-0.25, -0.2) is 0 Å². The van der Waals surface area contributed by atoms with Gasteiger partial charge in [-0.15, -0.1) is 0 Å². The number of amides is 1. The minimum absolute atomic E-state index is 0.219. The summed E-state index contributed by atoms with van der Waals surface area (Å²) in [7, 11) is 0. The number of hydrogen-bond donors (Lipinski definition) is 2. The molecule has 0 aliphatic rings. The highest BCUT2D eigenvalue weighted by molar-refractivity contribution is 6.03. The molecule has 5 nitrogen and oxygen atoms in total. The van der Waals surface area contributed by atoms with E-state index < -0.39 is 0 Å². The van der Waals surface area contributed by atoms with Crippen molar-refractivity contribution in [3.63, 3.8) is 0 Å². The van der Waals surface area contributed by atoms with Crippen LogP contribution in [0.1, 0.15) is 21.6 Å². The number of nitrogens with zero attached hydrogens (tertiary/aromatic N) is 2. The van der Waals surface area contributed by atoms with E-state index in [-0.39, 0.29) is 5.91 Å². The zero-order valence-electron chi connectivity index (χ0n) is 12.4. The molecule has 1 amide bonds. The lowest BCUT2D eigenvalue weighted by atomic mass is 10.1. The number of carbonyl (C=O) groups is 1. The van der Waals surface area contributed by atoms with Gasteiger partial charge in [-0.1, -0.05) is 18.2 Å². The van der Waals surface area contributed by atoms with Crippen molar-refractivity contribution in [1.82, 2.24) is 15.2 Å². The molecule has 3 aromatic rings. The number of hydrogen-bond acceptors (Lipinski definition) is 3. The molecule has 0 unspecified atom stereocenters. The molecule has 0 saturated carbocycles. The van der Waals surface area contributed by atoms with Gasteiger partial charge in [-0.2, -0.15) is 5.10 Å². The van der Waals surface area contributed by atoms with E-state index in [0.29, 0.717) is 11.4 Å². The molecular formula is C17H16N4O. The van der Waals surface area contributed by atoms with Crippen molar-refractivity contribution >= 4 is 11.6 Å². The van der Waals surface area contributed by atoms with Crippen molar-refractivity contribution in [1.29, 1.82) is 0 Å². The van der Waals surface area contributed by atoms with Gasteiger partial charge in [-0.3, -0.25) is 14.9 Å². The summed E-state index contributed by atoms with van der Waals surface area (Å²) in [5, 5.41) is 9.80. The zero-order valence-corrected chi connectivity index (χ0v) is 12.4. The third kappa shape index (κ3) is 2.74. The predicted molar refractivity (Wildman–Crippen MR) is 85.7 cm³/mol.